The van der Waals surface area contributed by atoms with E-state index in [1.807, 2.05) is 48.4 Å². The van der Waals surface area contributed by atoms with Gasteiger partial charge in [-0.05, 0) is 43.0 Å². The number of fused-ring (bicyclic) bond motifs is 5. The Hall–Kier alpha value is -2.73. The van der Waals surface area contributed by atoms with Crippen molar-refractivity contribution in [2.24, 2.45) is 11.8 Å². The number of nitrogens with zero attached hydrogens (tertiary/aromatic N) is 1. The molecule has 6 heteroatoms. The maximum absolute atomic E-state index is 13.4. The predicted molar refractivity (Wildman–Crippen MR) is 104 cm³/mol. The lowest BCUT2D eigenvalue weighted by atomic mass is 9.86. The number of anilines is 1. The van der Waals surface area contributed by atoms with Crippen LogP contribution in [0.1, 0.15) is 27.7 Å². The molecule has 3 aliphatic heterocycles. The van der Waals surface area contributed by atoms with E-state index in [-0.39, 0.29) is 23.6 Å². The number of Topliss-reactive ketones (excluding diaryl/α,β-unsaturated/α-hetero) is 1. The molecule has 4 heterocycles. The first-order valence-corrected chi connectivity index (χ1v) is 9.85. The van der Waals surface area contributed by atoms with Gasteiger partial charge >= 0.3 is 0 Å². The zero-order chi connectivity index (χ0) is 18.9. The van der Waals surface area contributed by atoms with Crippen molar-refractivity contribution in [3.05, 3.63) is 57.8 Å². The van der Waals surface area contributed by atoms with Crippen molar-refractivity contribution in [3.63, 3.8) is 0 Å². The molecule has 1 aromatic heterocycles. The molecule has 2 aromatic rings. The first-order chi connectivity index (χ1) is 13.0. The normalized spacial score (nSPS) is 28.4. The molecule has 27 heavy (non-hydrogen) atoms. The quantitative estimate of drug-likeness (QED) is 0.645. The fourth-order valence-electron chi connectivity index (χ4n) is 4.74. The standard InChI is InChI=1S/C21H18N2O3S/c1-10-5-6-13-12(8-10)11(2)9-14-16-17(21(26)22-20(16)25)18(23(13)14)19(24)15-4-3-7-27-15/h3-9,14,16-18H,1-2H3,(H,22,25,26)/t14-,16+,17+,18-/m1/s1. The van der Waals surface area contributed by atoms with Gasteiger partial charge in [-0.2, -0.15) is 0 Å². The van der Waals surface area contributed by atoms with Crippen LogP contribution in [0.3, 0.4) is 0 Å². The molecule has 1 aromatic carbocycles. The minimum Gasteiger partial charge on any atom is -0.352 e. The van der Waals surface area contributed by atoms with Crippen molar-refractivity contribution >= 4 is 40.2 Å². The van der Waals surface area contributed by atoms with Gasteiger partial charge in [0.1, 0.15) is 6.04 Å². The van der Waals surface area contributed by atoms with E-state index in [1.165, 1.54) is 11.3 Å². The van der Waals surface area contributed by atoms with Gasteiger partial charge in [0.25, 0.3) is 0 Å². The number of amides is 2. The number of imide groups is 1. The third-order valence-electron chi connectivity index (χ3n) is 5.88. The molecule has 0 aliphatic carbocycles. The van der Waals surface area contributed by atoms with Crippen LogP contribution in [0.5, 0.6) is 0 Å². The highest BCUT2D eigenvalue weighted by Crippen LogP contribution is 2.49. The summed E-state index contributed by atoms with van der Waals surface area (Å²) in [4.78, 5) is 41.2. The van der Waals surface area contributed by atoms with Gasteiger partial charge in [0.2, 0.25) is 11.8 Å². The first kappa shape index (κ1) is 16.4. The monoisotopic (exact) mass is 378 g/mol. The van der Waals surface area contributed by atoms with Gasteiger partial charge in [0.15, 0.2) is 5.78 Å². The minimum absolute atomic E-state index is 0.0909. The van der Waals surface area contributed by atoms with Crippen molar-refractivity contribution in [3.8, 4) is 0 Å². The molecule has 1 N–H and O–H groups in total. The molecular formula is C21H18N2O3S. The second kappa shape index (κ2) is 5.63. The lowest BCUT2D eigenvalue weighted by Gasteiger charge is -2.37. The highest BCUT2D eigenvalue weighted by molar-refractivity contribution is 7.12. The smallest absolute Gasteiger partial charge is 0.233 e. The Bertz CT molecular complexity index is 1020. The Morgan fingerprint density at radius 1 is 1.11 bits per heavy atom. The van der Waals surface area contributed by atoms with Gasteiger partial charge in [-0.3, -0.25) is 19.7 Å². The van der Waals surface area contributed by atoms with Crippen LogP contribution < -0.4 is 10.2 Å². The molecule has 2 fully saturated rings. The molecule has 2 amide bonds. The topological polar surface area (TPSA) is 66.5 Å². The Balaban J connectivity index is 1.72. The number of thiophene rings is 1. The summed E-state index contributed by atoms with van der Waals surface area (Å²) in [6, 6.07) is 8.77. The maximum Gasteiger partial charge on any atom is 0.233 e. The van der Waals surface area contributed by atoms with Crippen molar-refractivity contribution < 1.29 is 14.4 Å². The Kier molecular flexibility index (Phi) is 3.43. The first-order valence-electron chi connectivity index (χ1n) is 8.97. The van der Waals surface area contributed by atoms with Crippen LogP contribution in [0.25, 0.3) is 5.57 Å². The summed E-state index contributed by atoms with van der Waals surface area (Å²) < 4.78 is 0. The third kappa shape index (κ3) is 2.19. The Morgan fingerprint density at radius 2 is 1.89 bits per heavy atom. The molecule has 0 bridgehead atoms. The van der Waals surface area contributed by atoms with E-state index >= 15 is 0 Å². The van der Waals surface area contributed by atoms with Gasteiger partial charge < -0.3 is 4.90 Å². The van der Waals surface area contributed by atoms with Crippen molar-refractivity contribution in [2.45, 2.75) is 25.9 Å². The number of rotatable bonds is 2. The molecule has 5 rings (SSSR count). The SMILES string of the molecule is CC1=C[C@@H]2[C@@H]3C(=O)NC(=O)[C@@H]3[C@H](C(=O)c3cccs3)N2c2ccc(C)cc21. The number of aryl methyl sites for hydroxylation is 1. The van der Waals surface area contributed by atoms with Gasteiger partial charge in [-0.25, -0.2) is 0 Å². The summed E-state index contributed by atoms with van der Waals surface area (Å²) in [6.07, 6.45) is 2.04. The number of benzene rings is 1. The summed E-state index contributed by atoms with van der Waals surface area (Å²) in [7, 11) is 0. The van der Waals surface area contributed by atoms with Gasteiger partial charge in [-0.1, -0.05) is 23.8 Å². The number of carbonyl (C=O) groups is 3. The molecule has 3 aliphatic rings. The van der Waals surface area contributed by atoms with E-state index in [2.05, 4.69) is 11.4 Å². The highest BCUT2D eigenvalue weighted by atomic mass is 32.1. The van der Waals surface area contributed by atoms with Crippen LogP contribution >= 0.6 is 11.3 Å². The van der Waals surface area contributed by atoms with Gasteiger partial charge in [0, 0.05) is 11.3 Å². The summed E-state index contributed by atoms with van der Waals surface area (Å²) in [5, 5.41) is 4.30. The fourth-order valence-corrected chi connectivity index (χ4v) is 5.44. The van der Waals surface area contributed by atoms with E-state index in [4.69, 9.17) is 0 Å². The van der Waals surface area contributed by atoms with Crippen LogP contribution in [-0.2, 0) is 9.59 Å². The zero-order valence-corrected chi connectivity index (χ0v) is 15.7. The minimum atomic E-state index is -0.670. The maximum atomic E-state index is 13.4. The van der Waals surface area contributed by atoms with Gasteiger partial charge in [0.05, 0.1) is 22.8 Å². The number of nitrogens with one attached hydrogen (secondary N) is 1. The molecule has 5 nitrogen and oxygen atoms in total. The van der Waals surface area contributed by atoms with Crippen molar-refractivity contribution in [1.29, 1.82) is 0 Å². The number of hydrogen-bond donors (Lipinski definition) is 1. The average molecular weight is 378 g/mol. The van der Waals surface area contributed by atoms with E-state index < -0.39 is 17.9 Å². The molecule has 0 unspecified atom stereocenters. The molecule has 4 atom stereocenters. The van der Waals surface area contributed by atoms with Crippen molar-refractivity contribution in [1.82, 2.24) is 5.32 Å². The summed E-state index contributed by atoms with van der Waals surface area (Å²) in [5.41, 5.74) is 4.19. The van der Waals surface area contributed by atoms with Crippen LogP contribution in [0.4, 0.5) is 5.69 Å². The second-order valence-electron chi connectivity index (χ2n) is 7.46. The molecule has 0 spiro atoms. The molecule has 0 saturated carbocycles. The van der Waals surface area contributed by atoms with Gasteiger partial charge in [-0.15, -0.1) is 11.3 Å². The lowest BCUT2D eigenvalue weighted by molar-refractivity contribution is -0.126. The summed E-state index contributed by atoms with van der Waals surface area (Å²) >= 11 is 1.37. The van der Waals surface area contributed by atoms with Crippen LogP contribution in [0.15, 0.2) is 41.8 Å². The number of allylic oxidation sites excluding steroid dienone is 1. The van der Waals surface area contributed by atoms with E-state index in [0.717, 1.165) is 22.4 Å². The van der Waals surface area contributed by atoms with E-state index in [9.17, 15) is 14.4 Å². The average Bonchev–Trinajstić information content (AvgIpc) is 3.33. The second-order valence-corrected chi connectivity index (χ2v) is 8.41. The van der Waals surface area contributed by atoms with Crippen LogP contribution in [0, 0.1) is 18.8 Å². The number of ketones is 1. The van der Waals surface area contributed by atoms with E-state index in [1.54, 1.807) is 6.07 Å². The zero-order valence-electron chi connectivity index (χ0n) is 14.9. The fraction of sp³-hybridized carbons (Fsp3) is 0.286. The molecule has 136 valence electrons. The predicted octanol–water partition coefficient (Wildman–Crippen LogP) is 2.80. The lowest BCUT2D eigenvalue weighted by Crippen LogP contribution is -2.48. The summed E-state index contributed by atoms with van der Waals surface area (Å²) in [6.45, 7) is 4.05. The van der Waals surface area contributed by atoms with Crippen molar-refractivity contribution in [2.75, 3.05) is 4.90 Å². The Morgan fingerprint density at radius 3 is 2.63 bits per heavy atom. The molecule has 2 saturated heterocycles. The van der Waals surface area contributed by atoms with E-state index in [0.29, 0.717) is 4.88 Å². The largest absolute Gasteiger partial charge is 0.352 e. The summed E-state index contributed by atoms with van der Waals surface area (Å²) in [5.74, 6) is -1.90. The number of carbonyl (C=O) groups excluding carboxylic acids is 3. The highest BCUT2D eigenvalue weighted by Gasteiger charge is 2.61. The van der Waals surface area contributed by atoms with Crippen LogP contribution in [-0.4, -0.2) is 29.7 Å². The van der Waals surface area contributed by atoms with Crippen LogP contribution in [0.2, 0.25) is 0 Å². The Labute approximate surface area is 160 Å². The molecular weight excluding hydrogens is 360 g/mol. The third-order valence-corrected chi connectivity index (χ3v) is 6.76. The number of hydrogen-bond acceptors (Lipinski definition) is 5. The molecule has 0 radical (unpaired) electrons.